The number of hydrogen-bond donors (Lipinski definition) is 2. The third-order valence-electron chi connectivity index (χ3n) is 5.38. The number of nitrogens with zero attached hydrogens (tertiary/aromatic N) is 1. The third kappa shape index (κ3) is 6.32. The molecule has 0 heterocycles. The lowest BCUT2D eigenvalue weighted by Gasteiger charge is -2.19. The molecule has 0 aliphatic heterocycles. The average molecular weight is 410 g/mol. The van der Waals surface area contributed by atoms with Crippen molar-refractivity contribution in [3.63, 3.8) is 0 Å². The van der Waals surface area contributed by atoms with Crippen LogP contribution in [0, 0.1) is 11.8 Å². The summed E-state index contributed by atoms with van der Waals surface area (Å²) in [6.07, 6.45) is 1.99. The highest BCUT2D eigenvalue weighted by atomic mass is 16.5. The Bertz CT molecular complexity index is 837. The van der Waals surface area contributed by atoms with Crippen molar-refractivity contribution in [1.29, 1.82) is 0 Å². The van der Waals surface area contributed by atoms with Gasteiger partial charge in [-0.25, -0.2) is 0 Å². The average Bonchev–Trinajstić information content (AvgIpc) is 3.47. The standard InChI is InChI=1S/C24H31N3O3/c1-17-16-21(17)22(18-8-5-4-6-9-18)26-24(29)23(28)25-19-10-12-20(13-11-19)30-15-7-14-27(2)3/h4-6,8-13,17,21-22H,7,14-16H2,1-3H3,(H,25,28)(H,26,29). The van der Waals surface area contributed by atoms with Crippen molar-refractivity contribution >= 4 is 17.5 Å². The number of carbonyl (C=O) groups excluding carboxylic acids is 2. The van der Waals surface area contributed by atoms with Gasteiger partial charge in [0.05, 0.1) is 12.6 Å². The van der Waals surface area contributed by atoms with Gasteiger partial charge in [0.1, 0.15) is 5.75 Å². The monoisotopic (exact) mass is 409 g/mol. The molecule has 160 valence electrons. The fraction of sp³-hybridized carbons (Fsp3) is 0.417. The van der Waals surface area contributed by atoms with Gasteiger partial charge < -0.3 is 20.3 Å². The summed E-state index contributed by atoms with van der Waals surface area (Å²) in [4.78, 5) is 27.0. The second-order valence-electron chi connectivity index (χ2n) is 8.22. The molecule has 2 aromatic rings. The number of hydrogen-bond acceptors (Lipinski definition) is 4. The van der Waals surface area contributed by atoms with E-state index >= 15 is 0 Å². The molecule has 0 bridgehead atoms. The molecule has 1 aliphatic carbocycles. The zero-order valence-electron chi connectivity index (χ0n) is 17.9. The lowest BCUT2D eigenvalue weighted by atomic mass is 10.0. The predicted molar refractivity (Wildman–Crippen MR) is 118 cm³/mol. The summed E-state index contributed by atoms with van der Waals surface area (Å²) in [5.74, 6) is 0.371. The van der Waals surface area contributed by atoms with E-state index in [1.807, 2.05) is 44.4 Å². The van der Waals surface area contributed by atoms with Crippen LogP contribution in [-0.2, 0) is 9.59 Å². The Kier molecular flexibility index (Phi) is 7.46. The van der Waals surface area contributed by atoms with E-state index in [9.17, 15) is 9.59 Å². The highest BCUT2D eigenvalue weighted by Gasteiger charge is 2.41. The molecule has 2 aromatic carbocycles. The second-order valence-corrected chi connectivity index (χ2v) is 8.22. The summed E-state index contributed by atoms with van der Waals surface area (Å²) >= 11 is 0. The van der Waals surface area contributed by atoms with E-state index in [-0.39, 0.29) is 6.04 Å². The number of rotatable bonds is 9. The smallest absolute Gasteiger partial charge is 0.313 e. The maximum Gasteiger partial charge on any atom is 0.313 e. The van der Waals surface area contributed by atoms with Crippen molar-refractivity contribution in [1.82, 2.24) is 10.2 Å². The molecular weight excluding hydrogens is 378 g/mol. The van der Waals surface area contributed by atoms with Gasteiger partial charge in [0.25, 0.3) is 0 Å². The molecule has 0 aromatic heterocycles. The molecule has 0 radical (unpaired) electrons. The van der Waals surface area contributed by atoms with E-state index in [1.54, 1.807) is 24.3 Å². The zero-order chi connectivity index (χ0) is 21.5. The Labute approximate surface area is 178 Å². The minimum absolute atomic E-state index is 0.141. The van der Waals surface area contributed by atoms with E-state index in [4.69, 9.17) is 4.74 Å². The first-order valence-electron chi connectivity index (χ1n) is 10.5. The van der Waals surface area contributed by atoms with Crippen molar-refractivity contribution in [2.45, 2.75) is 25.8 Å². The second kappa shape index (κ2) is 10.3. The van der Waals surface area contributed by atoms with Crippen LogP contribution in [-0.4, -0.2) is 44.0 Å². The Morgan fingerprint density at radius 3 is 2.33 bits per heavy atom. The summed E-state index contributed by atoms with van der Waals surface area (Å²) in [6, 6.07) is 16.8. The molecule has 3 rings (SSSR count). The number of ether oxygens (including phenoxy) is 1. The van der Waals surface area contributed by atoms with Crippen LogP contribution in [0.4, 0.5) is 5.69 Å². The first kappa shape index (κ1) is 21.8. The highest BCUT2D eigenvalue weighted by molar-refractivity contribution is 6.39. The van der Waals surface area contributed by atoms with Crippen LogP contribution in [0.5, 0.6) is 5.75 Å². The molecule has 6 nitrogen and oxygen atoms in total. The van der Waals surface area contributed by atoms with Crippen molar-refractivity contribution in [3.05, 3.63) is 60.2 Å². The van der Waals surface area contributed by atoms with Gasteiger partial charge in [0.2, 0.25) is 0 Å². The molecule has 3 atom stereocenters. The van der Waals surface area contributed by atoms with Crippen molar-refractivity contribution in [2.24, 2.45) is 11.8 Å². The van der Waals surface area contributed by atoms with Crippen molar-refractivity contribution < 1.29 is 14.3 Å². The summed E-state index contributed by atoms with van der Waals surface area (Å²) in [5, 5.41) is 5.59. The van der Waals surface area contributed by atoms with Gasteiger partial charge in [-0.15, -0.1) is 0 Å². The van der Waals surface area contributed by atoms with Gasteiger partial charge in [-0.1, -0.05) is 37.3 Å². The van der Waals surface area contributed by atoms with Crippen LogP contribution < -0.4 is 15.4 Å². The number of carbonyl (C=O) groups is 2. The van der Waals surface area contributed by atoms with Crippen LogP contribution in [0.25, 0.3) is 0 Å². The Morgan fingerprint density at radius 1 is 1.07 bits per heavy atom. The molecule has 2 amide bonds. The summed E-state index contributed by atoms with van der Waals surface area (Å²) < 4.78 is 5.69. The normalized spacial score (nSPS) is 18.5. The Balaban J connectivity index is 1.51. The van der Waals surface area contributed by atoms with Crippen LogP contribution in [0.15, 0.2) is 54.6 Å². The van der Waals surface area contributed by atoms with Crippen molar-refractivity contribution in [3.8, 4) is 5.75 Å². The molecule has 3 unspecified atom stereocenters. The number of anilines is 1. The van der Waals surface area contributed by atoms with Crippen LogP contribution >= 0.6 is 0 Å². The van der Waals surface area contributed by atoms with Crippen LogP contribution in [0.2, 0.25) is 0 Å². The molecule has 0 saturated heterocycles. The molecule has 1 saturated carbocycles. The lowest BCUT2D eigenvalue weighted by Crippen LogP contribution is -2.38. The van der Waals surface area contributed by atoms with E-state index in [1.165, 1.54) is 0 Å². The minimum atomic E-state index is -0.663. The van der Waals surface area contributed by atoms with E-state index in [0.717, 1.165) is 30.7 Å². The predicted octanol–water partition coefficient (Wildman–Crippen LogP) is 3.47. The van der Waals surface area contributed by atoms with Crippen LogP contribution in [0.1, 0.15) is 31.4 Å². The van der Waals surface area contributed by atoms with E-state index in [0.29, 0.717) is 24.1 Å². The van der Waals surface area contributed by atoms with Gasteiger partial charge in [0, 0.05) is 12.2 Å². The maximum atomic E-state index is 12.5. The SMILES string of the molecule is CC1CC1C(NC(=O)C(=O)Nc1ccc(OCCCN(C)C)cc1)c1ccccc1. The fourth-order valence-electron chi connectivity index (χ4n) is 3.51. The molecule has 0 spiro atoms. The quantitative estimate of drug-likeness (QED) is 0.491. The molecule has 1 aliphatic rings. The maximum absolute atomic E-state index is 12.5. The first-order valence-corrected chi connectivity index (χ1v) is 10.5. The number of amides is 2. The van der Waals surface area contributed by atoms with Gasteiger partial charge in [-0.3, -0.25) is 9.59 Å². The summed E-state index contributed by atoms with van der Waals surface area (Å²) in [7, 11) is 4.06. The van der Waals surface area contributed by atoms with E-state index < -0.39 is 11.8 Å². The lowest BCUT2D eigenvalue weighted by molar-refractivity contribution is -0.136. The number of nitrogens with one attached hydrogen (secondary N) is 2. The minimum Gasteiger partial charge on any atom is -0.494 e. The third-order valence-corrected chi connectivity index (χ3v) is 5.38. The van der Waals surface area contributed by atoms with Crippen LogP contribution in [0.3, 0.4) is 0 Å². The first-order chi connectivity index (χ1) is 14.4. The van der Waals surface area contributed by atoms with Gasteiger partial charge in [-0.2, -0.15) is 0 Å². The Morgan fingerprint density at radius 2 is 1.73 bits per heavy atom. The topological polar surface area (TPSA) is 70.7 Å². The Hall–Kier alpha value is -2.86. The highest BCUT2D eigenvalue weighted by Crippen LogP contribution is 2.46. The molecule has 2 N–H and O–H groups in total. The summed E-state index contributed by atoms with van der Waals surface area (Å²) in [5.41, 5.74) is 1.59. The van der Waals surface area contributed by atoms with Gasteiger partial charge >= 0.3 is 11.8 Å². The molecule has 30 heavy (non-hydrogen) atoms. The fourth-order valence-corrected chi connectivity index (χ4v) is 3.51. The van der Waals surface area contributed by atoms with Crippen molar-refractivity contribution in [2.75, 3.05) is 32.6 Å². The molecule has 6 heteroatoms. The molecule has 1 fully saturated rings. The molecular formula is C24H31N3O3. The largest absolute Gasteiger partial charge is 0.494 e. The van der Waals surface area contributed by atoms with Gasteiger partial charge in [0.15, 0.2) is 0 Å². The summed E-state index contributed by atoms with van der Waals surface area (Å²) in [6.45, 7) is 3.76. The van der Waals surface area contributed by atoms with E-state index in [2.05, 4.69) is 22.5 Å². The van der Waals surface area contributed by atoms with Gasteiger partial charge in [-0.05, 0) is 68.6 Å². The zero-order valence-corrected chi connectivity index (χ0v) is 17.9. The number of benzene rings is 2.